The minimum atomic E-state index is -1.54. The molecule has 0 radical (unpaired) electrons. The number of hydrogen-bond donors (Lipinski definition) is 4. The number of unbranched alkanes of at least 4 members (excludes halogenated alkanes) is 20. The zero-order valence-electron chi connectivity index (χ0n) is 36.3. The SMILES string of the molecule is CC/C=C\C/C=C\C/C=C\C/C=C\CCCCCCC(=O)OC(COCCCCCCCCCCCCCCCCCCC)COC1OC(CO)C(O)C(O)C1O. The molecule has 1 fully saturated rings. The molecule has 0 aromatic rings. The Bertz CT molecular complexity index is 1010. The van der Waals surface area contributed by atoms with Gasteiger partial charge in [0.2, 0.25) is 0 Å². The monoisotopic (exact) mass is 807 g/mol. The number of aliphatic hydroxyl groups excluding tert-OH is 4. The Labute approximate surface area is 348 Å². The summed E-state index contributed by atoms with van der Waals surface area (Å²) in [4.78, 5) is 12.8. The Kier molecular flexibility index (Phi) is 36.9. The summed E-state index contributed by atoms with van der Waals surface area (Å²) in [5, 5.41) is 40.1. The number of carbonyl (C=O) groups excluding carboxylic acids is 1. The fourth-order valence-corrected chi connectivity index (χ4v) is 6.89. The second-order valence-electron chi connectivity index (χ2n) is 15.8. The van der Waals surface area contributed by atoms with Gasteiger partial charge in [0.05, 0.1) is 19.8 Å². The summed E-state index contributed by atoms with van der Waals surface area (Å²) < 4.78 is 22.8. The van der Waals surface area contributed by atoms with Gasteiger partial charge in [0.1, 0.15) is 30.5 Å². The predicted molar refractivity (Wildman–Crippen MR) is 233 cm³/mol. The maximum absolute atomic E-state index is 12.8. The third-order valence-electron chi connectivity index (χ3n) is 10.5. The van der Waals surface area contributed by atoms with Crippen LogP contribution in [0, 0.1) is 0 Å². The standard InChI is InChI=1S/C48H86O9/c1-3-5-7-9-11-13-15-17-19-21-23-25-27-29-31-33-35-37-44(50)56-42(41-55-48-47(53)46(52)45(51)43(39-49)57-48)40-54-38-36-34-32-30-28-26-24-22-20-18-16-14-12-10-8-6-4-2/h5,7,11,13,17,19,23,25,42-43,45-49,51-53H,3-4,6,8-10,12,14-16,18,20-22,24,26-41H2,1-2H3/b7-5-,13-11-,19-17-,25-23-. The van der Waals surface area contributed by atoms with Crippen molar-refractivity contribution in [2.24, 2.45) is 0 Å². The van der Waals surface area contributed by atoms with Crippen LogP contribution in [0.3, 0.4) is 0 Å². The first-order valence-corrected chi connectivity index (χ1v) is 23.2. The van der Waals surface area contributed by atoms with E-state index in [1.165, 1.54) is 96.3 Å². The number of hydrogen-bond acceptors (Lipinski definition) is 9. The third-order valence-corrected chi connectivity index (χ3v) is 10.5. The molecule has 332 valence electrons. The molecule has 6 atom stereocenters. The number of aliphatic hydroxyl groups is 4. The van der Waals surface area contributed by atoms with Crippen LogP contribution >= 0.6 is 0 Å². The molecule has 1 aliphatic rings. The van der Waals surface area contributed by atoms with Crippen LogP contribution in [0.5, 0.6) is 0 Å². The Morgan fingerprint density at radius 1 is 0.579 bits per heavy atom. The van der Waals surface area contributed by atoms with Crippen molar-refractivity contribution in [3.8, 4) is 0 Å². The molecule has 0 bridgehead atoms. The summed E-state index contributed by atoms with van der Waals surface area (Å²) in [7, 11) is 0. The second-order valence-corrected chi connectivity index (χ2v) is 15.8. The first kappa shape index (κ1) is 53.2. The first-order valence-electron chi connectivity index (χ1n) is 23.2. The van der Waals surface area contributed by atoms with Crippen LogP contribution in [0.1, 0.15) is 187 Å². The van der Waals surface area contributed by atoms with Crippen LogP contribution in [-0.4, -0.2) is 89.6 Å². The quantitative estimate of drug-likeness (QED) is 0.0272. The highest BCUT2D eigenvalue weighted by Crippen LogP contribution is 2.22. The Balaban J connectivity index is 2.27. The van der Waals surface area contributed by atoms with Gasteiger partial charge >= 0.3 is 5.97 Å². The fraction of sp³-hybridized carbons (Fsp3) is 0.812. The maximum atomic E-state index is 12.8. The van der Waals surface area contributed by atoms with Gasteiger partial charge in [-0.25, -0.2) is 0 Å². The molecule has 0 spiro atoms. The van der Waals surface area contributed by atoms with Gasteiger partial charge in [0.15, 0.2) is 6.29 Å². The van der Waals surface area contributed by atoms with Gasteiger partial charge in [-0.2, -0.15) is 0 Å². The van der Waals surface area contributed by atoms with Crippen molar-refractivity contribution in [1.29, 1.82) is 0 Å². The van der Waals surface area contributed by atoms with Gasteiger partial charge in [-0.05, 0) is 51.4 Å². The molecular weight excluding hydrogens is 721 g/mol. The lowest BCUT2D eigenvalue weighted by atomic mass is 9.99. The van der Waals surface area contributed by atoms with Gasteiger partial charge < -0.3 is 39.4 Å². The van der Waals surface area contributed by atoms with Crippen LogP contribution in [0.4, 0.5) is 0 Å². The molecule has 1 rings (SSSR count). The van der Waals surface area contributed by atoms with Crippen molar-refractivity contribution in [3.63, 3.8) is 0 Å². The molecule has 57 heavy (non-hydrogen) atoms. The Morgan fingerprint density at radius 3 is 1.61 bits per heavy atom. The van der Waals surface area contributed by atoms with Gasteiger partial charge in [0.25, 0.3) is 0 Å². The number of esters is 1. The van der Waals surface area contributed by atoms with E-state index >= 15 is 0 Å². The third kappa shape index (κ3) is 30.8. The normalized spacial score (nSPS) is 20.8. The molecule has 6 unspecified atom stereocenters. The molecule has 0 aromatic carbocycles. The molecular formula is C48H86O9. The van der Waals surface area contributed by atoms with E-state index in [1.807, 2.05) is 0 Å². The summed E-state index contributed by atoms with van der Waals surface area (Å²) in [5.74, 6) is -0.335. The van der Waals surface area contributed by atoms with Crippen LogP contribution in [0.15, 0.2) is 48.6 Å². The van der Waals surface area contributed by atoms with Crippen LogP contribution in [0.25, 0.3) is 0 Å². The zero-order valence-corrected chi connectivity index (χ0v) is 36.3. The molecule has 1 saturated heterocycles. The van der Waals surface area contributed by atoms with E-state index in [4.69, 9.17) is 18.9 Å². The van der Waals surface area contributed by atoms with Crippen molar-refractivity contribution in [2.75, 3.05) is 26.4 Å². The van der Waals surface area contributed by atoms with E-state index in [9.17, 15) is 25.2 Å². The summed E-state index contributed by atoms with van der Waals surface area (Å²) >= 11 is 0. The Hall–Kier alpha value is -1.85. The lowest BCUT2D eigenvalue weighted by Gasteiger charge is -2.39. The summed E-state index contributed by atoms with van der Waals surface area (Å²) in [6.07, 6.45) is 41.3. The lowest BCUT2D eigenvalue weighted by molar-refractivity contribution is -0.305. The van der Waals surface area contributed by atoms with Gasteiger partial charge in [-0.1, -0.05) is 178 Å². The minimum Gasteiger partial charge on any atom is -0.457 e. The topological polar surface area (TPSA) is 135 Å². The van der Waals surface area contributed by atoms with E-state index < -0.39 is 43.4 Å². The highest BCUT2D eigenvalue weighted by molar-refractivity contribution is 5.69. The summed E-state index contributed by atoms with van der Waals surface area (Å²) in [6.45, 7) is 4.43. The average Bonchev–Trinajstić information content (AvgIpc) is 3.21. The van der Waals surface area contributed by atoms with Crippen LogP contribution < -0.4 is 0 Å². The summed E-state index contributed by atoms with van der Waals surface area (Å²) in [6, 6.07) is 0. The lowest BCUT2D eigenvalue weighted by Crippen LogP contribution is -2.59. The first-order chi connectivity index (χ1) is 27.9. The number of allylic oxidation sites excluding steroid dienone is 8. The second kappa shape index (κ2) is 39.6. The van der Waals surface area contributed by atoms with Gasteiger partial charge in [-0.15, -0.1) is 0 Å². The molecule has 0 aromatic heterocycles. The van der Waals surface area contributed by atoms with E-state index in [0.717, 1.165) is 70.6 Å². The van der Waals surface area contributed by atoms with E-state index in [1.54, 1.807) is 0 Å². The molecule has 1 heterocycles. The van der Waals surface area contributed by atoms with E-state index in [0.29, 0.717) is 13.0 Å². The van der Waals surface area contributed by atoms with Crippen molar-refractivity contribution in [3.05, 3.63) is 48.6 Å². The van der Waals surface area contributed by atoms with Crippen molar-refractivity contribution in [1.82, 2.24) is 0 Å². The number of ether oxygens (including phenoxy) is 4. The highest BCUT2D eigenvalue weighted by Gasteiger charge is 2.44. The molecule has 1 aliphatic heterocycles. The Morgan fingerprint density at radius 2 is 1.07 bits per heavy atom. The average molecular weight is 807 g/mol. The largest absolute Gasteiger partial charge is 0.457 e. The molecule has 9 heteroatoms. The van der Waals surface area contributed by atoms with Gasteiger partial charge in [-0.3, -0.25) is 4.79 Å². The van der Waals surface area contributed by atoms with E-state index in [2.05, 4.69) is 62.5 Å². The number of carbonyl (C=O) groups is 1. The summed E-state index contributed by atoms with van der Waals surface area (Å²) in [5.41, 5.74) is 0. The zero-order chi connectivity index (χ0) is 41.4. The van der Waals surface area contributed by atoms with Crippen LogP contribution in [-0.2, 0) is 23.7 Å². The highest BCUT2D eigenvalue weighted by atomic mass is 16.7. The fourth-order valence-electron chi connectivity index (χ4n) is 6.89. The van der Waals surface area contributed by atoms with Crippen LogP contribution in [0.2, 0.25) is 0 Å². The van der Waals surface area contributed by atoms with Gasteiger partial charge in [0, 0.05) is 13.0 Å². The molecule has 4 N–H and O–H groups in total. The maximum Gasteiger partial charge on any atom is 0.306 e. The van der Waals surface area contributed by atoms with Crippen molar-refractivity contribution in [2.45, 2.75) is 224 Å². The predicted octanol–water partition coefficient (Wildman–Crippen LogP) is 10.5. The smallest absolute Gasteiger partial charge is 0.306 e. The molecule has 0 amide bonds. The molecule has 9 nitrogen and oxygen atoms in total. The van der Waals surface area contributed by atoms with Crippen molar-refractivity contribution >= 4 is 5.97 Å². The number of rotatable bonds is 39. The van der Waals surface area contributed by atoms with E-state index in [-0.39, 0.29) is 19.2 Å². The molecule has 0 aliphatic carbocycles. The van der Waals surface area contributed by atoms with Crippen molar-refractivity contribution < 1.29 is 44.2 Å². The minimum absolute atomic E-state index is 0.123. The molecule has 0 saturated carbocycles.